The number of H-pyrrole nitrogens is 1. The standard InChI is InChI=1S/C21H31N3O3/c1-14-15(2)22-20-6-5-16(9-19(14)20)21(26)24-11-17(18(12-24)13-25)10-23(3)7-8-27-4/h5-6,9,17-18,22,25H,7-8,10-13H2,1-4H3/t17-,18-/m1/s1. The summed E-state index contributed by atoms with van der Waals surface area (Å²) in [6, 6.07) is 5.87. The number of nitrogens with one attached hydrogen (secondary N) is 1. The number of amides is 1. The Hall–Kier alpha value is -1.89. The van der Waals surface area contributed by atoms with Gasteiger partial charge in [0.2, 0.25) is 0 Å². The van der Waals surface area contributed by atoms with E-state index in [1.165, 1.54) is 5.56 Å². The summed E-state index contributed by atoms with van der Waals surface area (Å²) >= 11 is 0. The lowest BCUT2D eigenvalue weighted by molar-refractivity contribution is 0.0779. The van der Waals surface area contributed by atoms with Crippen LogP contribution >= 0.6 is 0 Å². The van der Waals surface area contributed by atoms with Gasteiger partial charge >= 0.3 is 0 Å². The number of nitrogens with zero attached hydrogens (tertiary/aromatic N) is 2. The van der Waals surface area contributed by atoms with E-state index in [0.717, 1.165) is 35.2 Å². The van der Waals surface area contributed by atoms with Crippen molar-refractivity contribution < 1.29 is 14.6 Å². The molecule has 0 radical (unpaired) electrons. The number of carbonyl (C=O) groups excluding carboxylic acids is 1. The fraction of sp³-hybridized carbons (Fsp3) is 0.571. The average molecular weight is 373 g/mol. The minimum atomic E-state index is 0.0515. The number of aliphatic hydroxyl groups is 1. The van der Waals surface area contributed by atoms with Crippen molar-refractivity contribution in [2.75, 3.05) is 53.6 Å². The molecule has 2 atom stereocenters. The third-order valence-electron chi connectivity index (χ3n) is 5.88. The number of hydrogen-bond acceptors (Lipinski definition) is 4. The molecule has 148 valence electrons. The maximum Gasteiger partial charge on any atom is 0.253 e. The lowest BCUT2D eigenvalue weighted by Crippen LogP contribution is -2.33. The van der Waals surface area contributed by atoms with Gasteiger partial charge in [0.25, 0.3) is 5.91 Å². The number of aryl methyl sites for hydroxylation is 2. The molecule has 0 bridgehead atoms. The van der Waals surface area contributed by atoms with E-state index in [1.807, 2.05) is 30.0 Å². The predicted molar refractivity (Wildman–Crippen MR) is 107 cm³/mol. The number of likely N-dealkylation sites (tertiary alicyclic amines) is 1. The first-order valence-electron chi connectivity index (χ1n) is 9.61. The Morgan fingerprint density at radius 2 is 2.07 bits per heavy atom. The molecule has 0 unspecified atom stereocenters. The van der Waals surface area contributed by atoms with Crippen molar-refractivity contribution in [3.8, 4) is 0 Å². The molecule has 2 heterocycles. The molecule has 1 aromatic heterocycles. The lowest BCUT2D eigenvalue weighted by atomic mass is 9.96. The zero-order valence-corrected chi connectivity index (χ0v) is 16.8. The van der Waals surface area contributed by atoms with E-state index in [1.54, 1.807) is 7.11 Å². The third kappa shape index (κ3) is 4.18. The highest BCUT2D eigenvalue weighted by atomic mass is 16.5. The molecular weight excluding hydrogens is 342 g/mol. The van der Waals surface area contributed by atoms with E-state index in [9.17, 15) is 9.90 Å². The lowest BCUT2D eigenvalue weighted by Gasteiger charge is -2.23. The molecule has 6 heteroatoms. The second-order valence-electron chi connectivity index (χ2n) is 7.80. The summed E-state index contributed by atoms with van der Waals surface area (Å²) in [5, 5.41) is 10.9. The van der Waals surface area contributed by atoms with Gasteiger partial charge in [0.1, 0.15) is 0 Å². The van der Waals surface area contributed by atoms with Crippen LogP contribution in [0.15, 0.2) is 18.2 Å². The van der Waals surface area contributed by atoms with Crippen LogP contribution < -0.4 is 0 Å². The van der Waals surface area contributed by atoms with Gasteiger partial charge in [0.05, 0.1) is 6.61 Å². The Morgan fingerprint density at radius 3 is 2.78 bits per heavy atom. The van der Waals surface area contributed by atoms with Gasteiger partial charge in [-0.25, -0.2) is 0 Å². The molecule has 0 saturated carbocycles. The Balaban J connectivity index is 1.72. The quantitative estimate of drug-likeness (QED) is 0.779. The Labute approximate surface area is 161 Å². The van der Waals surface area contributed by atoms with Gasteiger partial charge in [-0.05, 0) is 50.6 Å². The van der Waals surface area contributed by atoms with Gasteiger partial charge in [0, 0.05) is 68.0 Å². The maximum atomic E-state index is 13.1. The number of carbonyl (C=O) groups is 1. The molecule has 27 heavy (non-hydrogen) atoms. The number of fused-ring (bicyclic) bond motifs is 1. The number of rotatable bonds is 7. The SMILES string of the molecule is COCCN(C)C[C@@H]1CN(C(=O)c2ccc3[nH]c(C)c(C)c3c2)C[C@@H]1CO. The van der Waals surface area contributed by atoms with Crippen LogP contribution in [0.1, 0.15) is 21.6 Å². The second kappa shape index (κ2) is 8.42. The monoisotopic (exact) mass is 373 g/mol. The molecule has 6 nitrogen and oxygen atoms in total. The smallest absolute Gasteiger partial charge is 0.253 e. The molecule has 2 aromatic rings. The minimum absolute atomic E-state index is 0.0515. The molecule has 1 fully saturated rings. The number of aromatic nitrogens is 1. The first kappa shape index (κ1) is 19.9. The zero-order chi connectivity index (χ0) is 19.6. The fourth-order valence-electron chi connectivity index (χ4n) is 4.03. The minimum Gasteiger partial charge on any atom is -0.396 e. The maximum absolute atomic E-state index is 13.1. The third-order valence-corrected chi connectivity index (χ3v) is 5.88. The molecule has 2 N–H and O–H groups in total. The molecule has 0 spiro atoms. The first-order chi connectivity index (χ1) is 12.9. The zero-order valence-electron chi connectivity index (χ0n) is 16.8. The second-order valence-corrected chi connectivity index (χ2v) is 7.80. The molecule has 1 aromatic carbocycles. The highest BCUT2D eigenvalue weighted by Crippen LogP contribution is 2.27. The number of hydrogen-bond donors (Lipinski definition) is 2. The van der Waals surface area contributed by atoms with E-state index in [2.05, 4.69) is 23.9 Å². The number of likely N-dealkylation sites (N-methyl/N-ethyl adjacent to an activating group) is 1. The van der Waals surface area contributed by atoms with Gasteiger partial charge in [0.15, 0.2) is 0 Å². The average Bonchev–Trinajstić information content (AvgIpc) is 3.20. The highest BCUT2D eigenvalue weighted by molar-refractivity contribution is 5.99. The molecule has 3 rings (SSSR count). The summed E-state index contributed by atoms with van der Waals surface area (Å²) in [5.41, 5.74) is 4.10. The van der Waals surface area contributed by atoms with Crippen LogP contribution in [-0.2, 0) is 4.74 Å². The number of benzene rings is 1. The van der Waals surface area contributed by atoms with Crippen molar-refractivity contribution >= 4 is 16.8 Å². The van der Waals surface area contributed by atoms with Crippen molar-refractivity contribution in [3.63, 3.8) is 0 Å². The van der Waals surface area contributed by atoms with E-state index in [4.69, 9.17) is 4.74 Å². The molecule has 0 aliphatic carbocycles. The molecular formula is C21H31N3O3. The van der Waals surface area contributed by atoms with Gasteiger partial charge in [-0.15, -0.1) is 0 Å². The summed E-state index contributed by atoms with van der Waals surface area (Å²) in [7, 11) is 3.76. The molecule has 1 amide bonds. The Bertz CT molecular complexity index is 801. The predicted octanol–water partition coefficient (Wildman–Crippen LogP) is 2.04. The summed E-state index contributed by atoms with van der Waals surface area (Å²) in [6.45, 7) is 7.92. The van der Waals surface area contributed by atoms with Gasteiger partial charge < -0.3 is 24.6 Å². The normalized spacial score (nSPS) is 20.1. The highest BCUT2D eigenvalue weighted by Gasteiger charge is 2.35. The first-order valence-corrected chi connectivity index (χ1v) is 9.61. The number of aliphatic hydroxyl groups excluding tert-OH is 1. The molecule has 1 aliphatic heterocycles. The number of ether oxygens (including phenoxy) is 1. The van der Waals surface area contributed by atoms with Crippen molar-refractivity contribution in [1.82, 2.24) is 14.8 Å². The van der Waals surface area contributed by atoms with Crippen molar-refractivity contribution in [2.45, 2.75) is 13.8 Å². The Morgan fingerprint density at radius 1 is 1.33 bits per heavy atom. The van der Waals surface area contributed by atoms with Crippen molar-refractivity contribution in [1.29, 1.82) is 0 Å². The summed E-state index contributed by atoms with van der Waals surface area (Å²) in [5.74, 6) is 0.454. The Kier molecular flexibility index (Phi) is 6.19. The van der Waals surface area contributed by atoms with Crippen LogP contribution in [0.2, 0.25) is 0 Å². The largest absolute Gasteiger partial charge is 0.396 e. The van der Waals surface area contributed by atoms with Crippen LogP contribution in [0.4, 0.5) is 0 Å². The summed E-state index contributed by atoms with van der Waals surface area (Å²) in [4.78, 5) is 20.5. The van der Waals surface area contributed by atoms with E-state index >= 15 is 0 Å². The van der Waals surface area contributed by atoms with E-state index < -0.39 is 0 Å². The number of aromatic amines is 1. The molecule has 1 saturated heterocycles. The van der Waals surface area contributed by atoms with Crippen LogP contribution in [0.3, 0.4) is 0 Å². The van der Waals surface area contributed by atoms with Gasteiger partial charge in [-0.3, -0.25) is 4.79 Å². The fourth-order valence-corrected chi connectivity index (χ4v) is 4.03. The van der Waals surface area contributed by atoms with Crippen molar-refractivity contribution in [2.24, 2.45) is 11.8 Å². The number of methoxy groups -OCH3 is 1. The topological polar surface area (TPSA) is 68.8 Å². The van der Waals surface area contributed by atoms with Gasteiger partial charge in [-0.2, -0.15) is 0 Å². The van der Waals surface area contributed by atoms with Crippen LogP contribution in [0, 0.1) is 25.7 Å². The van der Waals surface area contributed by atoms with E-state index in [0.29, 0.717) is 19.7 Å². The summed E-state index contributed by atoms with van der Waals surface area (Å²) < 4.78 is 5.14. The van der Waals surface area contributed by atoms with Gasteiger partial charge in [-0.1, -0.05) is 0 Å². The van der Waals surface area contributed by atoms with Crippen LogP contribution in [0.5, 0.6) is 0 Å². The summed E-state index contributed by atoms with van der Waals surface area (Å²) in [6.07, 6.45) is 0. The molecule has 1 aliphatic rings. The van der Waals surface area contributed by atoms with E-state index in [-0.39, 0.29) is 24.3 Å². The van der Waals surface area contributed by atoms with Crippen LogP contribution in [0.25, 0.3) is 10.9 Å². The van der Waals surface area contributed by atoms with Crippen LogP contribution in [-0.4, -0.2) is 79.3 Å². The van der Waals surface area contributed by atoms with Crippen molar-refractivity contribution in [3.05, 3.63) is 35.0 Å².